The molecule has 0 spiro atoms. The molecule has 0 bridgehead atoms. The highest BCUT2D eigenvalue weighted by Gasteiger charge is 2.28. The fourth-order valence-corrected chi connectivity index (χ4v) is 1.79. The molecule has 0 aromatic rings. The fourth-order valence-electron chi connectivity index (χ4n) is 1.79. The van der Waals surface area contributed by atoms with Crippen LogP contribution in [0.1, 0.15) is 33.6 Å². The molecule has 0 aliphatic carbocycles. The van der Waals surface area contributed by atoms with Crippen molar-refractivity contribution in [2.75, 3.05) is 19.7 Å². The van der Waals surface area contributed by atoms with Crippen LogP contribution in [-0.2, 0) is 9.53 Å². The molecule has 0 aromatic heterocycles. The number of rotatable bonds is 3. The maximum Gasteiger partial charge on any atom is 0.409 e. The van der Waals surface area contributed by atoms with Crippen LogP contribution in [0.3, 0.4) is 0 Å². The van der Waals surface area contributed by atoms with Crippen molar-refractivity contribution < 1.29 is 14.3 Å². The van der Waals surface area contributed by atoms with Crippen molar-refractivity contribution in [2.24, 2.45) is 5.73 Å². The average Bonchev–Trinajstić information content (AvgIpc) is 2.29. The lowest BCUT2D eigenvalue weighted by Crippen LogP contribution is -2.54. The van der Waals surface area contributed by atoms with E-state index in [0.717, 1.165) is 12.8 Å². The van der Waals surface area contributed by atoms with Crippen LogP contribution in [0.5, 0.6) is 0 Å². The number of nitrogens with zero attached hydrogens (tertiary/aromatic N) is 1. The van der Waals surface area contributed by atoms with Crippen molar-refractivity contribution >= 4 is 12.0 Å². The minimum Gasteiger partial charge on any atom is -0.450 e. The number of nitrogens with one attached hydrogen (secondary N) is 1. The van der Waals surface area contributed by atoms with Crippen molar-refractivity contribution in [3.8, 4) is 0 Å². The molecule has 1 aliphatic rings. The molecule has 1 saturated heterocycles. The quantitative estimate of drug-likeness (QED) is 0.769. The Balaban J connectivity index is 2.36. The normalized spacial score (nSPS) is 17.4. The van der Waals surface area contributed by atoms with Gasteiger partial charge in [-0.05, 0) is 33.6 Å². The molecule has 0 atom stereocenters. The highest BCUT2D eigenvalue weighted by molar-refractivity contribution is 5.85. The van der Waals surface area contributed by atoms with Gasteiger partial charge in [0.15, 0.2) is 0 Å². The van der Waals surface area contributed by atoms with Crippen molar-refractivity contribution in [1.29, 1.82) is 0 Å². The van der Waals surface area contributed by atoms with E-state index in [2.05, 4.69) is 5.32 Å². The van der Waals surface area contributed by atoms with E-state index >= 15 is 0 Å². The lowest BCUT2D eigenvalue weighted by Gasteiger charge is -2.33. The molecular formula is C12H23N3O3. The molecule has 1 rings (SSSR count). The maximum absolute atomic E-state index is 11.7. The predicted octanol–water partition coefficient (Wildman–Crippen LogP) is 0.461. The Hall–Kier alpha value is -1.30. The van der Waals surface area contributed by atoms with E-state index in [9.17, 15) is 9.59 Å². The summed E-state index contributed by atoms with van der Waals surface area (Å²) in [6.07, 6.45) is 1.20. The number of piperidine rings is 1. The molecule has 3 N–H and O–H groups in total. The zero-order valence-electron chi connectivity index (χ0n) is 11.4. The number of likely N-dealkylation sites (tertiary alicyclic amines) is 1. The Morgan fingerprint density at radius 2 is 1.94 bits per heavy atom. The Kier molecular flexibility index (Phi) is 4.95. The van der Waals surface area contributed by atoms with E-state index in [1.165, 1.54) is 0 Å². The Morgan fingerprint density at radius 1 is 1.39 bits per heavy atom. The first-order valence-corrected chi connectivity index (χ1v) is 6.36. The molecular weight excluding hydrogens is 234 g/mol. The second kappa shape index (κ2) is 6.04. The van der Waals surface area contributed by atoms with Gasteiger partial charge in [0.25, 0.3) is 0 Å². The topological polar surface area (TPSA) is 84.7 Å². The molecule has 0 saturated carbocycles. The number of hydrogen-bond donors (Lipinski definition) is 2. The minimum absolute atomic E-state index is 0.0889. The van der Waals surface area contributed by atoms with Gasteiger partial charge in [-0.15, -0.1) is 0 Å². The largest absolute Gasteiger partial charge is 0.450 e. The number of nitrogens with two attached hydrogens (primary N) is 1. The summed E-state index contributed by atoms with van der Waals surface area (Å²) in [5.41, 5.74) is 4.85. The summed E-state index contributed by atoms with van der Waals surface area (Å²) >= 11 is 0. The van der Waals surface area contributed by atoms with Crippen LogP contribution in [0.25, 0.3) is 0 Å². The highest BCUT2D eigenvalue weighted by atomic mass is 16.6. The van der Waals surface area contributed by atoms with Crippen molar-refractivity contribution in [3.05, 3.63) is 0 Å². The Labute approximate surface area is 108 Å². The van der Waals surface area contributed by atoms with Gasteiger partial charge >= 0.3 is 6.09 Å². The third-order valence-corrected chi connectivity index (χ3v) is 2.94. The lowest BCUT2D eigenvalue weighted by atomic mass is 10.0. The van der Waals surface area contributed by atoms with Crippen molar-refractivity contribution in [1.82, 2.24) is 10.2 Å². The van der Waals surface area contributed by atoms with E-state index in [0.29, 0.717) is 19.7 Å². The number of carbonyl (C=O) groups excluding carboxylic acids is 2. The minimum atomic E-state index is -0.863. The smallest absolute Gasteiger partial charge is 0.409 e. The zero-order valence-corrected chi connectivity index (χ0v) is 11.4. The summed E-state index contributed by atoms with van der Waals surface area (Å²) in [5, 5.41) is 2.91. The van der Waals surface area contributed by atoms with Gasteiger partial charge < -0.3 is 20.7 Å². The lowest BCUT2D eigenvalue weighted by molar-refractivity contribution is -0.126. The van der Waals surface area contributed by atoms with E-state index in [4.69, 9.17) is 10.5 Å². The van der Waals surface area contributed by atoms with Gasteiger partial charge in [0, 0.05) is 19.1 Å². The van der Waals surface area contributed by atoms with Gasteiger partial charge in [0.2, 0.25) is 5.91 Å². The van der Waals surface area contributed by atoms with Crippen molar-refractivity contribution in [2.45, 2.75) is 45.2 Å². The molecule has 6 nitrogen and oxygen atoms in total. The van der Waals surface area contributed by atoms with Crippen LogP contribution in [0.2, 0.25) is 0 Å². The third kappa shape index (κ3) is 4.18. The van der Waals surface area contributed by atoms with E-state index < -0.39 is 5.54 Å². The summed E-state index contributed by atoms with van der Waals surface area (Å²) in [7, 11) is 0. The molecule has 104 valence electrons. The molecule has 1 heterocycles. The summed E-state index contributed by atoms with van der Waals surface area (Å²) < 4.78 is 4.93. The number of amides is 2. The van der Waals surface area contributed by atoms with Crippen LogP contribution in [-0.4, -0.2) is 48.2 Å². The molecule has 0 radical (unpaired) electrons. The van der Waals surface area contributed by atoms with Gasteiger partial charge in [-0.1, -0.05) is 0 Å². The van der Waals surface area contributed by atoms with E-state index in [1.807, 2.05) is 0 Å². The number of ether oxygens (including phenoxy) is 1. The van der Waals surface area contributed by atoms with Gasteiger partial charge in [0.05, 0.1) is 12.1 Å². The Morgan fingerprint density at radius 3 is 2.39 bits per heavy atom. The first-order valence-electron chi connectivity index (χ1n) is 6.36. The maximum atomic E-state index is 11.7. The standard InChI is InChI=1S/C12H23N3O3/c1-4-18-11(17)15-7-5-9(6-8-15)14-10(16)12(2,3)13/h9H,4-8,13H2,1-3H3,(H,14,16). The summed E-state index contributed by atoms with van der Waals surface area (Å²) in [6, 6.07) is 0.0889. The SMILES string of the molecule is CCOC(=O)N1CCC(NC(=O)C(C)(C)N)CC1. The molecule has 18 heavy (non-hydrogen) atoms. The monoisotopic (exact) mass is 257 g/mol. The highest BCUT2D eigenvalue weighted by Crippen LogP contribution is 2.12. The second-order valence-corrected chi connectivity index (χ2v) is 5.16. The Bertz CT molecular complexity index is 304. The number of hydrogen-bond acceptors (Lipinski definition) is 4. The predicted molar refractivity (Wildman–Crippen MR) is 68.0 cm³/mol. The van der Waals surface area contributed by atoms with Gasteiger partial charge in [0.1, 0.15) is 0 Å². The van der Waals surface area contributed by atoms with Crippen LogP contribution >= 0.6 is 0 Å². The first kappa shape index (κ1) is 14.8. The summed E-state index contributed by atoms with van der Waals surface area (Å²) in [4.78, 5) is 24.9. The molecule has 0 aromatic carbocycles. The van der Waals surface area contributed by atoms with Crippen LogP contribution in [0.15, 0.2) is 0 Å². The first-order chi connectivity index (χ1) is 8.34. The number of carbonyl (C=O) groups is 2. The van der Waals surface area contributed by atoms with Gasteiger partial charge in [-0.3, -0.25) is 4.79 Å². The van der Waals surface area contributed by atoms with Crippen molar-refractivity contribution in [3.63, 3.8) is 0 Å². The van der Waals surface area contributed by atoms with E-state index in [-0.39, 0.29) is 18.0 Å². The second-order valence-electron chi connectivity index (χ2n) is 5.16. The molecule has 6 heteroatoms. The molecule has 0 unspecified atom stereocenters. The third-order valence-electron chi connectivity index (χ3n) is 2.94. The molecule has 1 fully saturated rings. The molecule has 2 amide bonds. The summed E-state index contributed by atoms with van der Waals surface area (Å²) in [5.74, 6) is -0.155. The fraction of sp³-hybridized carbons (Fsp3) is 0.833. The summed E-state index contributed by atoms with van der Waals surface area (Å²) in [6.45, 7) is 6.74. The average molecular weight is 257 g/mol. The van der Waals surface area contributed by atoms with Gasteiger partial charge in [-0.25, -0.2) is 4.79 Å². The van der Waals surface area contributed by atoms with E-state index in [1.54, 1.807) is 25.7 Å². The van der Waals surface area contributed by atoms with Crippen LogP contribution in [0, 0.1) is 0 Å². The van der Waals surface area contributed by atoms with Gasteiger partial charge in [-0.2, -0.15) is 0 Å². The molecule has 1 aliphatic heterocycles. The zero-order chi connectivity index (χ0) is 13.8. The van der Waals surface area contributed by atoms with Crippen LogP contribution in [0.4, 0.5) is 4.79 Å². The van der Waals surface area contributed by atoms with Crippen LogP contribution < -0.4 is 11.1 Å².